The number of benzene rings is 2. The molecule has 2 aromatic heterocycles. The Morgan fingerprint density at radius 2 is 1.90 bits per heavy atom. The Kier molecular flexibility index (Phi) is 4.13. The summed E-state index contributed by atoms with van der Waals surface area (Å²) in [4.78, 5) is 17.7. The minimum atomic E-state index is -0.0719. The van der Waals surface area contributed by atoms with Gasteiger partial charge in [0.05, 0.1) is 5.52 Å². The Morgan fingerprint density at radius 1 is 1.10 bits per heavy atom. The number of carbonyl (C=O) groups excluding carboxylic acids is 1. The molecule has 0 atom stereocenters. The summed E-state index contributed by atoms with van der Waals surface area (Å²) in [7, 11) is 0. The van der Waals surface area contributed by atoms with E-state index >= 15 is 0 Å². The van der Waals surface area contributed by atoms with Crippen molar-refractivity contribution in [1.82, 2.24) is 20.5 Å². The first-order valence-electron chi connectivity index (χ1n) is 11.2. The Morgan fingerprint density at radius 3 is 2.71 bits per heavy atom. The lowest BCUT2D eigenvalue weighted by Crippen LogP contribution is -2.55. The molecule has 5 heteroatoms. The van der Waals surface area contributed by atoms with Crippen LogP contribution < -0.4 is 5.32 Å². The molecule has 0 aliphatic heterocycles. The second-order valence-corrected chi connectivity index (χ2v) is 9.70. The van der Waals surface area contributed by atoms with Crippen LogP contribution in [0, 0.1) is 11.3 Å². The van der Waals surface area contributed by atoms with Crippen molar-refractivity contribution < 1.29 is 4.79 Å². The SMILES string of the molecule is CC1CC2(C1)CC(NC(=O)c1n[nH]c3cccc(Cc4cc5ccccc5cn4)c13)C2. The number of amides is 1. The quantitative estimate of drug-likeness (QED) is 0.497. The third-order valence-corrected chi connectivity index (χ3v) is 7.21. The molecule has 2 aliphatic carbocycles. The van der Waals surface area contributed by atoms with Crippen LogP contribution in [0.1, 0.15) is 54.4 Å². The zero-order chi connectivity index (χ0) is 21.0. The fraction of sp³-hybridized carbons (Fsp3) is 0.346. The summed E-state index contributed by atoms with van der Waals surface area (Å²) >= 11 is 0. The zero-order valence-electron chi connectivity index (χ0n) is 17.7. The van der Waals surface area contributed by atoms with Crippen molar-refractivity contribution in [3.63, 3.8) is 0 Å². The summed E-state index contributed by atoms with van der Waals surface area (Å²) in [6, 6.07) is 16.7. The van der Waals surface area contributed by atoms with Crippen LogP contribution in [0.15, 0.2) is 54.7 Å². The van der Waals surface area contributed by atoms with Gasteiger partial charge in [-0.25, -0.2) is 0 Å². The van der Waals surface area contributed by atoms with Crippen LogP contribution in [0.25, 0.3) is 21.7 Å². The van der Waals surface area contributed by atoms with E-state index in [9.17, 15) is 4.79 Å². The van der Waals surface area contributed by atoms with Gasteiger partial charge in [0, 0.05) is 35.1 Å². The third kappa shape index (κ3) is 3.19. The summed E-state index contributed by atoms with van der Waals surface area (Å²) in [6.07, 6.45) is 7.42. The van der Waals surface area contributed by atoms with Gasteiger partial charge in [0.15, 0.2) is 5.69 Å². The van der Waals surface area contributed by atoms with E-state index in [1.165, 1.54) is 18.2 Å². The standard InChI is InChI=1S/C26H26N4O/c1-16-11-26(12-16)13-21(14-26)28-25(31)24-23-18(7-4-8-22(23)29-30-24)10-20-9-17-5-2-3-6-19(17)15-27-20/h2-9,15-16,21H,10-14H2,1H3,(H,28,31)(H,29,30). The maximum Gasteiger partial charge on any atom is 0.272 e. The van der Waals surface area contributed by atoms with Crippen LogP contribution in [-0.2, 0) is 6.42 Å². The molecule has 31 heavy (non-hydrogen) atoms. The van der Waals surface area contributed by atoms with E-state index in [1.54, 1.807) is 0 Å². The molecule has 5 nitrogen and oxygen atoms in total. The van der Waals surface area contributed by atoms with Crippen LogP contribution in [0.3, 0.4) is 0 Å². The van der Waals surface area contributed by atoms with Gasteiger partial charge in [0.1, 0.15) is 0 Å². The van der Waals surface area contributed by atoms with Gasteiger partial charge < -0.3 is 5.32 Å². The molecule has 2 N–H and O–H groups in total. The first-order valence-corrected chi connectivity index (χ1v) is 11.2. The molecule has 0 saturated heterocycles. The maximum absolute atomic E-state index is 13.1. The Labute approximate surface area is 181 Å². The first-order chi connectivity index (χ1) is 15.1. The number of pyridine rings is 1. The lowest BCUT2D eigenvalue weighted by molar-refractivity contribution is -0.0399. The predicted molar refractivity (Wildman–Crippen MR) is 122 cm³/mol. The normalized spacial score (nSPS) is 24.8. The number of nitrogens with zero attached hydrogens (tertiary/aromatic N) is 2. The number of fused-ring (bicyclic) bond motifs is 2. The molecule has 0 radical (unpaired) electrons. The molecule has 1 spiro atoms. The lowest BCUT2D eigenvalue weighted by atomic mass is 9.50. The molecule has 2 saturated carbocycles. The summed E-state index contributed by atoms with van der Waals surface area (Å²) in [6.45, 7) is 2.32. The second-order valence-electron chi connectivity index (χ2n) is 9.70. The van der Waals surface area contributed by atoms with Crippen molar-refractivity contribution in [2.75, 3.05) is 0 Å². The monoisotopic (exact) mass is 410 g/mol. The van der Waals surface area contributed by atoms with Crippen molar-refractivity contribution in [2.45, 2.75) is 45.1 Å². The van der Waals surface area contributed by atoms with Crippen molar-refractivity contribution in [1.29, 1.82) is 0 Å². The smallest absolute Gasteiger partial charge is 0.272 e. The Balaban J connectivity index is 1.25. The average Bonchev–Trinajstić information content (AvgIpc) is 3.16. The minimum absolute atomic E-state index is 0.0719. The molecular formula is C26H26N4O. The summed E-state index contributed by atoms with van der Waals surface area (Å²) in [5.74, 6) is 0.774. The van der Waals surface area contributed by atoms with E-state index in [2.05, 4.69) is 51.7 Å². The summed E-state index contributed by atoms with van der Waals surface area (Å²) in [5.41, 5.74) is 3.95. The molecule has 2 fully saturated rings. The Hall–Kier alpha value is -3.21. The van der Waals surface area contributed by atoms with E-state index < -0.39 is 0 Å². The van der Waals surface area contributed by atoms with E-state index in [1.807, 2.05) is 30.5 Å². The van der Waals surface area contributed by atoms with Gasteiger partial charge in [-0.1, -0.05) is 43.3 Å². The number of carbonyl (C=O) groups is 1. The molecule has 4 aromatic rings. The van der Waals surface area contributed by atoms with Crippen LogP contribution in [0.4, 0.5) is 0 Å². The first kappa shape index (κ1) is 18.6. The largest absolute Gasteiger partial charge is 0.348 e. The Bertz CT molecular complexity index is 1290. The van der Waals surface area contributed by atoms with Crippen LogP contribution in [0.5, 0.6) is 0 Å². The van der Waals surface area contributed by atoms with Gasteiger partial charge in [-0.05, 0) is 60.1 Å². The van der Waals surface area contributed by atoms with Crippen molar-refractivity contribution in [3.05, 3.63) is 71.7 Å². The van der Waals surface area contributed by atoms with Gasteiger partial charge in [-0.15, -0.1) is 0 Å². The minimum Gasteiger partial charge on any atom is -0.348 e. The topological polar surface area (TPSA) is 70.7 Å². The summed E-state index contributed by atoms with van der Waals surface area (Å²) < 4.78 is 0. The molecule has 0 bridgehead atoms. The van der Waals surface area contributed by atoms with Gasteiger partial charge in [0.25, 0.3) is 5.91 Å². The van der Waals surface area contributed by atoms with Crippen molar-refractivity contribution >= 4 is 27.6 Å². The van der Waals surface area contributed by atoms with Gasteiger partial charge in [-0.2, -0.15) is 5.10 Å². The van der Waals surface area contributed by atoms with E-state index in [-0.39, 0.29) is 11.9 Å². The highest BCUT2D eigenvalue weighted by Crippen LogP contribution is 2.58. The second kappa shape index (κ2) is 6.91. The predicted octanol–water partition coefficient (Wildman–Crippen LogP) is 5.01. The molecule has 1 amide bonds. The van der Waals surface area contributed by atoms with Gasteiger partial charge in [-0.3, -0.25) is 14.9 Å². The number of hydrogen-bond acceptors (Lipinski definition) is 3. The number of hydrogen-bond donors (Lipinski definition) is 2. The van der Waals surface area contributed by atoms with Crippen LogP contribution >= 0.6 is 0 Å². The number of aromatic amines is 1. The van der Waals surface area contributed by atoms with Gasteiger partial charge in [0.2, 0.25) is 0 Å². The van der Waals surface area contributed by atoms with E-state index in [4.69, 9.17) is 0 Å². The molecule has 2 aromatic carbocycles. The highest BCUT2D eigenvalue weighted by atomic mass is 16.2. The fourth-order valence-electron chi connectivity index (χ4n) is 5.97. The average molecular weight is 411 g/mol. The molecule has 2 heterocycles. The number of aromatic nitrogens is 3. The fourth-order valence-corrected chi connectivity index (χ4v) is 5.97. The molecule has 156 valence electrons. The highest BCUT2D eigenvalue weighted by Gasteiger charge is 2.51. The van der Waals surface area contributed by atoms with Crippen LogP contribution in [-0.4, -0.2) is 27.1 Å². The molecular weight excluding hydrogens is 384 g/mol. The van der Waals surface area contributed by atoms with E-state index in [0.717, 1.165) is 46.3 Å². The third-order valence-electron chi connectivity index (χ3n) is 7.21. The summed E-state index contributed by atoms with van der Waals surface area (Å²) in [5, 5.41) is 13.9. The van der Waals surface area contributed by atoms with E-state index in [0.29, 0.717) is 17.5 Å². The van der Waals surface area contributed by atoms with Crippen molar-refractivity contribution in [2.24, 2.45) is 11.3 Å². The molecule has 2 aliphatic rings. The van der Waals surface area contributed by atoms with Gasteiger partial charge >= 0.3 is 0 Å². The molecule has 6 rings (SSSR count). The van der Waals surface area contributed by atoms with Crippen molar-refractivity contribution in [3.8, 4) is 0 Å². The zero-order valence-corrected chi connectivity index (χ0v) is 17.7. The lowest BCUT2D eigenvalue weighted by Gasteiger charge is -2.57. The van der Waals surface area contributed by atoms with Crippen LogP contribution in [0.2, 0.25) is 0 Å². The number of rotatable bonds is 4. The number of H-pyrrole nitrogens is 1. The number of nitrogens with one attached hydrogen (secondary N) is 2. The highest BCUT2D eigenvalue weighted by molar-refractivity contribution is 6.06. The maximum atomic E-state index is 13.1. The molecule has 0 unspecified atom stereocenters.